The lowest BCUT2D eigenvalue weighted by Crippen LogP contribution is -2.66. The van der Waals surface area contributed by atoms with Gasteiger partial charge in [0.15, 0.2) is 0 Å². The van der Waals surface area contributed by atoms with E-state index in [1.165, 1.54) is 43.9 Å². The SMILES string of the molecule is COC(=O)c1ccc(C2=CC[C@]3(C)[C@H]4CC[C@@H]5[C@H]6[C@H](C(C)C)CC[C@]6(C(=O)O)CC[C@@]5(C)[C@]4(C)CC[C@H]3C2(C)C)cc1. The fourth-order valence-corrected chi connectivity index (χ4v) is 12.8. The molecule has 4 fully saturated rings. The summed E-state index contributed by atoms with van der Waals surface area (Å²) >= 11 is 0. The summed E-state index contributed by atoms with van der Waals surface area (Å²) in [6, 6.07) is 8.01. The Balaban J connectivity index is 1.35. The first-order valence-corrected chi connectivity index (χ1v) is 16.8. The Morgan fingerprint density at radius 3 is 2.17 bits per heavy atom. The van der Waals surface area contributed by atoms with Gasteiger partial charge in [0.1, 0.15) is 0 Å². The number of fused-ring (bicyclic) bond motifs is 7. The molecule has 0 radical (unpaired) electrons. The number of allylic oxidation sites excluding steroid dienone is 2. The molecule has 6 rings (SSSR count). The van der Waals surface area contributed by atoms with Crippen molar-refractivity contribution in [3.63, 3.8) is 0 Å². The molecule has 0 saturated heterocycles. The van der Waals surface area contributed by atoms with Gasteiger partial charge >= 0.3 is 11.9 Å². The number of ether oxygens (including phenoxy) is 1. The van der Waals surface area contributed by atoms with Crippen LogP contribution in [-0.2, 0) is 9.53 Å². The number of hydrogen-bond donors (Lipinski definition) is 1. The minimum absolute atomic E-state index is 0.0259. The van der Waals surface area contributed by atoms with Gasteiger partial charge in [-0.05, 0) is 138 Å². The van der Waals surface area contributed by atoms with Gasteiger partial charge in [-0.3, -0.25) is 4.79 Å². The minimum atomic E-state index is -0.507. The lowest BCUT2D eigenvalue weighted by Gasteiger charge is -2.72. The molecular formula is C38H54O4. The zero-order chi connectivity index (χ0) is 30.5. The number of carbonyl (C=O) groups is 2. The molecule has 0 heterocycles. The van der Waals surface area contributed by atoms with Gasteiger partial charge in [0.25, 0.3) is 0 Å². The average molecular weight is 575 g/mol. The predicted molar refractivity (Wildman–Crippen MR) is 168 cm³/mol. The van der Waals surface area contributed by atoms with Crippen molar-refractivity contribution in [3.05, 3.63) is 41.5 Å². The van der Waals surface area contributed by atoms with Gasteiger partial charge in [0.2, 0.25) is 0 Å². The number of methoxy groups -OCH3 is 1. The van der Waals surface area contributed by atoms with Crippen LogP contribution in [0.25, 0.3) is 5.57 Å². The number of rotatable bonds is 4. The summed E-state index contributed by atoms with van der Waals surface area (Å²) in [7, 11) is 1.43. The maximum absolute atomic E-state index is 13.0. The van der Waals surface area contributed by atoms with E-state index in [0.717, 1.165) is 32.1 Å². The van der Waals surface area contributed by atoms with Crippen LogP contribution >= 0.6 is 0 Å². The molecule has 42 heavy (non-hydrogen) atoms. The van der Waals surface area contributed by atoms with Crippen LogP contribution in [0.4, 0.5) is 0 Å². The van der Waals surface area contributed by atoms with Crippen molar-refractivity contribution in [2.75, 3.05) is 7.11 Å². The quantitative estimate of drug-likeness (QED) is 0.364. The number of hydrogen-bond acceptors (Lipinski definition) is 3. The third kappa shape index (κ3) is 3.78. The second-order valence-electron chi connectivity index (χ2n) is 16.7. The van der Waals surface area contributed by atoms with E-state index in [0.29, 0.717) is 41.1 Å². The zero-order valence-corrected chi connectivity index (χ0v) is 27.4. The summed E-state index contributed by atoms with van der Waals surface area (Å²) < 4.78 is 4.93. The largest absolute Gasteiger partial charge is 0.481 e. The maximum atomic E-state index is 13.0. The second kappa shape index (κ2) is 9.70. The van der Waals surface area contributed by atoms with Gasteiger partial charge in [-0.1, -0.05) is 66.7 Å². The summed E-state index contributed by atoms with van der Waals surface area (Å²) in [6.45, 7) is 17.4. The van der Waals surface area contributed by atoms with Crippen LogP contribution in [0, 0.1) is 62.6 Å². The molecular weight excluding hydrogens is 520 g/mol. The van der Waals surface area contributed by atoms with E-state index in [1.807, 2.05) is 12.1 Å². The number of carboxylic acid groups (broad SMARTS) is 1. The molecule has 0 aromatic heterocycles. The molecule has 9 atom stereocenters. The van der Waals surface area contributed by atoms with E-state index < -0.39 is 11.4 Å². The van der Waals surface area contributed by atoms with Crippen molar-refractivity contribution in [1.29, 1.82) is 0 Å². The van der Waals surface area contributed by atoms with Crippen LogP contribution < -0.4 is 0 Å². The van der Waals surface area contributed by atoms with Gasteiger partial charge in [-0.25, -0.2) is 4.79 Å². The summed E-state index contributed by atoms with van der Waals surface area (Å²) in [4.78, 5) is 25.0. The van der Waals surface area contributed by atoms with Crippen LogP contribution in [0.15, 0.2) is 30.3 Å². The Labute approximate surface area is 254 Å². The lowest BCUT2D eigenvalue weighted by atomic mass is 9.32. The smallest absolute Gasteiger partial charge is 0.337 e. The monoisotopic (exact) mass is 574 g/mol. The molecule has 1 aromatic rings. The Bertz CT molecular complexity index is 1290. The molecule has 1 aromatic carbocycles. The lowest BCUT2D eigenvalue weighted by molar-refractivity contribution is -0.230. The Morgan fingerprint density at radius 2 is 1.55 bits per heavy atom. The average Bonchev–Trinajstić information content (AvgIpc) is 3.34. The van der Waals surface area contributed by atoms with Crippen molar-refractivity contribution >= 4 is 17.5 Å². The molecule has 0 amide bonds. The summed E-state index contributed by atoms with van der Waals surface area (Å²) in [6.07, 6.45) is 12.4. The highest BCUT2D eigenvalue weighted by atomic mass is 16.5. The molecule has 0 aliphatic heterocycles. The first-order chi connectivity index (χ1) is 19.7. The van der Waals surface area contributed by atoms with E-state index in [1.54, 1.807) is 0 Å². The fourth-order valence-electron chi connectivity index (χ4n) is 12.8. The van der Waals surface area contributed by atoms with E-state index >= 15 is 0 Å². The highest BCUT2D eigenvalue weighted by Crippen LogP contribution is 2.77. The normalized spacial score (nSPS) is 43.8. The van der Waals surface area contributed by atoms with E-state index in [9.17, 15) is 14.7 Å². The summed E-state index contributed by atoms with van der Waals surface area (Å²) in [5.74, 6) is 2.33. The molecule has 0 unspecified atom stereocenters. The van der Waals surface area contributed by atoms with Crippen molar-refractivity contribution in [1.82, 2.24) is 0 Å². The minimum Gasteiger partial charge on any atom is -0.481 e. The first kappa shape index (κ1) is 29.9. The highest BCUT2D eigenvalue weighted by molar-refractivity contribution is 5.90. The summed E-state index contributed by atoms with van der Waals surface area (Å²) in [5.41, 5.74) is 3.38. The third-order valence-electron chi connectivity index (χ3n) is 15.0. The molecule has 0 spiro atoms. The summed E-state index contributed by atoms with van der Waals surface area (Å²) in [5, 5.41) is 10.7. The van der Waals surface area contributed by atoms with Crippen LogP contribution in [0.2, 0.25) is 0 Å². The Hall–Kier alpha value is -2.10. The van der Waals surface area contributed by atoms with Crippen molar-refractivity contribution in [2.24, 2.45) is 62.6 Å². The van der Waals surface area contributed by atoms with Gasteiger partial charge in [-0.15, -0.1) is 0 Å². The van der Waals surface area contributed by atoms with Crippen molar-refractivity contribution < 1.29 is 19.4 Å². The highest BCUT2D eigenvalue weighted by Gasteiger charge is 2.71. The topological polar surface area (TPSA) is 63.6 Å². The Morgan fingerprint density at radius 1 is 0.857 bits per heavy atom. The number of esters is 1. The van der Waals surface area contributed by atoms with Crippen LogP contribution in [0.3, 0.4) is 0 Å². The zero-order valence-electron chi connectivity index (χ0n) is 27.4. The van der Waals surface area contributed by atoms with Crippen molar-refractivity contribution in [3.8, 4) is 0 Å². The number of aliphatic carboxylic acids is 1. The van der Waals surface area contributed by atoms with Crippen molar-refractivity contribution in [2.45, 2.75) is 106 Å². The van der Waals surface area contributed by atoms with Gasteiger partial charge < -0.3 is 9.84 Å². The molecule has 230 valence electrons. The Kier molecular flexibility index (Phi) is 6.92. The van der Waals surface area contributed by atoms with Gasteiger partial charge in [0, 0.05) is 0 Å². The fraction of sp³-hybridized carbons (Fsp3) is 0.737. The molecule has 5 aliphatic carbocycles. The number of benzene rings is 1. The van der Waals surface area contributed by atoms with Gasteiger partial charge in [-0.2, -0.15) is 0 Å². The molecule has 4 heteroatoms. The molecule has 4 saturated carbocycles. The van der Waals surface area contributed by atoms with Crippen LogP contribution in [0.1, 0.15) is 122 Å². The van der Waals surface area contributed by atoms with E-state index in [2.05, 4.69) is 66.7 Å². The van der Waals surface area contributed by atoms with Crippen LogP contribution in [0.5, 0.6) is 0 Å². The van der Waals surface area contributed by atoms with Crippen LogP contribution in [-0.4, -0.2) is 24.2 Å². The van der Waals surface area contributed by atoms with Gasteiger partial charge in [0.05, 0.1) is 18.1 Å². The number of carboxylic acids is 1. The molecule has 4 nitrogen and oxygen atoms in total. The predicted octanol–water partition coefficient (Wildman–Crippen LogP) is 9.29. The maximum Gasteiger partial charge on any atom is 0.337 e. The second-order valence-corrected chi connectivity index (χ2v) is 16.7. The number of carbonyl (C=O) groups excluding carboxylic acids is 1. The standard InChI is InChI=1S/C38H54O4/c1-23(2)26-15-20-38(33(40)41)22-21-36(6)28(31(26)38)13-14-30-35(5)18-16-27(24-9-11-25(12-10-24)32(39)42-8)34(3,4)29(35)17-19-37(30,36)7/h9-12,16,23,26,28-31H,13-15,17-22H2,1-8H3,(H,40,41)/t26-,28+,29-,30+,31+,35-,36+,37+,38-/m0/s1. The van der Waals surface area contributed by atoms with E-state index in [-0.39, 0.29) is 27.6 Å². The van der Waals surface area contributed by atoms with E-state index in [4.69, 9.17) is 4.74 Å². The molecule has 0 bridgehead atoms. The molecule has 5 aliphatic rings. The first-order valence-electron chi connectivity index (χ1n) is 16.8. The molecule has 1 N–H and O–H groups in total. The third-order valence-corrected chi connectivity index (χ3v) is 15.0.